The molecule has 1 heterocycles. The molecule has 5 nitrogen and oxygen atoms in total. The zero-order chi connectivity index (χ0) is 14.5. The van der Waals surface area contributed by atoms with Crippen molar-refractivity contribution in [2.24, 2.45) is 0 Å². The monoisotopic (exact) mass is 277 g/mol. The molecule has 0 spiro atoms. The second-order valence-corrected chi connectivity index (χ2v) is 3.88. The van der Waals surface area contributed by atoms with E-state index in [4.69, 9.17) is 14.6 Å². The van der Waals surface area contributed by atoms with Gasteiger partial charge in [-0.05, 0) is 18.2 Å². The maximum atomic E-state index is 13.9. The van der Waals surface area contributed by atoms with Gasteiger partial charge in [0.25, 0.3) is 0 Å². The molecule has 0 aliphatic carbocycles. The Balaban J connectivity index is 2.19. The van der Waals surface area contributed by atoms with Gasteiger partial charge in [0.05, 0.1) is 7.11 Å². The number of pyridine rings is 1. The number of methoxy groups -OCH3 is 1. The van der Waals surface area contributed by atoms with Crippen LogP contribution in [0.3, 0.4) is 0 Å². The average Bonchev–Trinajstić information content (AvgIpc) is 2.46. The van der Waals surface area contributed by atoms with Crippen LogP contribution < -0.4 is 9.47 Å². The number of carboxylic acid groups (broad SMARTS) is 1. The summed E-state index contributed by atoms with van der Waals surface area (Å²) >= 11 is 0. The fraction of sp³-hybridized carbons (Fsp3) is 0.143. The Hall–Kier alpha value is -2.63. The number of aromatic nitrogens is 1. The van der Waals surface area contributed by atoms with Gasteiger partial charge in [0.2, 0.25) is 0 Å². The second-order valence-electron chi connectivity index (χ2n) is 3.88. The van der Waals surface area contributed by atoms with Crippen molar-refractivity contribution in [3.63, 3.8) is 0 Å². The molecule has 0 saturated carbocycles. The zero-order valence-corrected chi connectivity index (χ0v) is 10.7. The standard InChI is InChI=1S/C14H12FNO4/c1-19-10-5-2-4-9(12(10)15)8-20-11-6-3-7-16-13(11)14(17)18/h2-7H,8H2,1H3,(H,17,18). The van der Waals surface area contributed by atoms with Gasteiger partial charge < -0.3 is 14.6 Å². The number of ether oxygens (including phenoxy) is 2. The number of nitrogens with zero attached hydrogens (tertiary/aromatic N) is 1. The van der Waals surface area contributed by atoms with E-state index >= 15 is 0 Å². The molecule has 2 aromatic rings. The van der Waals surface area contributed by atoms with Gasteiger partial charge >= 0.3 is 5.97 Å². The van der Waals surface area contributed by atoms with Crippen LogP contribution in [0.5, 0.6) is 11.5 Å². The quantitative estimate of drug-likeness (QED) is 0.909. The van der Waals surface area contributed by atoms with E-state index in [9.17, 15) is 9.18 Å². The molecule has 0 amide bonds. The van der Waals surface area contributed by atoms with Crippen LogP contribution in [0.2, 0.25) is 0 Å². The van der Waals surface area contributed by atoms with Crippen molar-refractivity contribution in [3.8, 4) is 11.5 Å². The molecule has 0 aliphatic rings. The first-order valence-corrected chi connectivity index (χ1v) is 5.76. The Morgan fingerprint density at radius 3 is 2.75 bits per heavy atom. The summed E-state index contributed by atoms with van der Waals surface area (Å²) in [5.74, 6) is -1.54. The van der Waals surface area contributed by atoms with Crippen LogP contribution in [-0.4, -0.2) is 23.2 Å². The van der Waals surface area contributed by atoms with Gasteiger partial charge in [0.15, 0.2) is 23.0 Å². The van der Waals surface area contributed by atoms with Gasteiger partial charge in [0.1, 0.15) is 6.61 Å². The van der Waals surface area contributed by atoms with Gasteiger partial charge in [-0.2, -0.15) is 0 Å². The largest absolute Gasteiger partial charge is 0.494 e. The molecule has 0 radical (unpaired) electrons. The van der Waals surface area contributed by atoms with Crippen LogP contribution in [0.25, 0.3) is 0 Å². The van der Waals surface area contributed by atoms with Gasteiger partial charge in [-0.3, -0.25) is 0 Å². The van der Waals surface area contributed by atoms with Crippen LogP contribution >= 0.6 is 0 Å². The number of benzene rings is 1. The molecule has 1 N–H and O–H groups in total. The maximum Gasteiger partial charge on any atom is 0.358 e. The lowest BCUT2D eigenvalue weighted by molar-refractivity contribution is 0.0684. The molecule has 0 fully saturated rings. The van der Waals surface area contributed by atoms with E-state index in [0.29, 0.717) is 0 Å². The lowest BCUT2D eigenvalue weighted by atomic mass is 10.2. The van der Waals surface area contributed by atoms with Gasteiger partial charge in [0, 0.05) is 11.8 Å². The first kappa shape index (κ1) is 13.8. The summed E-state index contributed by atoms with van der Waals surface area (Å²) in [5.41, 5.74) is 0.0559. The molecular weight excluding hydrogens is 265 g/mol. The summed E-state index contributed by atoms with van der Waals surface area (Å²) in [6.45, 7) is -0.116. The topological polar surface area (TPSA) is 68.7 Å². The Labute approximate surface area is 114 Å². The first-order chi connectivity index (χ1) is 9.63. The number of halogens is 1. The van der Waals surface area contributed by atoms with Gasteiger partial charge in [-0.25, -0.2) is 14.2 Å². The summed E-state index contributed by atoms with van der Waals surface area (Å²) in [6.07, 6.45) is 1.35. The summed E-state index contributed by atoms with van der Waals surface area (Å²) in [5, 5.41) is 8.96. The highest BCUT2D eigenvalue weighted by Crippen LogP contribution is 2.22. The van der Waals surface area contributed by atoms with E-state index in [1.165, 1.54) is 31.5 Å². The molecule has 20 heavy (non-hydrogen) atoms. The third-order valence-electron chi connectivity index (χ3n) is 2.62. The van der Waals surface area contributed by atoms with Crippen LogP contribution in [0.1, 0.15) is 16.1 Å². The Kier molecular flexibility index (Phi) is 4.14. The number of hydrogen-bond donors (Lipinski definition) is 1. The first-order valence-electron chi connectivity index (χ1n) is 5.76. The molecule has 0 aliphatic heterocycles. The molecule has 0 bridgehead atoms. The zero-order valence-electron chi connectivity index (χ0n) is 10.7. The highest BCUT2D eigenvalue weighted by Gasteiger charge is 2.14. The molecule has 0 saturated heterocycles. The summed E-state index contributed by atoms with van der Waals surface area (Å²) in [6, 6.07) is 7.67. The highest BCUT2D eigenvalue weighted by molar-refractivity contribution is 5.88. The minimum absolute atomic E-state index is 0.0854. The highest BCUT2D eigenvalue weighted by atomic mass is 19.1. The third-order valence-corrected chi connectivity index (χ3v) is 2.62. The smallest absolute Gasteiger partial charge is 0.358 e. The van der Waals surface area contributed by atoms with E-state index in [-0.39, 0.29) is 29.4 Å². The predicted octanol–water partition coefficient (Wildman–Crippen LogP) is 2.51. The molecule has 0 unspecified atom stereocenters. The van der Waals surface area contributed by atoms with Crippen molar-refractivity contribution >= 4 is 5.97 Å². The lowest BCUT2D eigenvalue weighted by Crippen LogP contribution is -2.06. The normalized spacial score (nSPS) is 10.1. The number of aromatic carboxylic acids is 1. The van der Waals surface area contributed by atoms with Crippen LogP contribution in [0, 0.1) is 5.82 Å². The number of carboxylic acids is 1. The molecule has 2 rings (SSSR count). The van der Waals surface area contributed by atoms with E-state index < -0.39 is 11.8 Å². The molecule has 0 atom stereocenters. The van der Waals surface area contributed by atoms with Crippen LogP contribution in [0.4, 0.5) is 4.39 Å². The molecular formula is C14H12FNO4. The fourth-order valence-electron chi connectivity index (χ4n) is 1.65. The molecule has 6 heteroatoms. The van der Waals surface area contributed by atoms with Gasteiger partial charge in [-0.1, -0.05) is 12.1 Å². The fourth-order valence-corrected chi connectivity index (χ4v) is 1.65. The Bertz CT molecular complexity index is 630. The number of carbonyl (C=O) groups is 1. The minimum Gasteiger partial charge on any atom is -0.494 e. The summed E-state index contributed by atoms with van der Waals surface area (Å²) < 4.78 is 24.1. The van der Waals surface area contributed by atoms with Crippen molar-refractivity contribution in [1.82, 2.24) is 4.98 Å². The number of hydrogen-bond acceptors (Lipinski definition) is 4. The van der Waals surface area contributed by atoms with E-state index in [0.717, 1.165) is 0 Å². The van der Waals surface area contributed by atoms with E-state index in [2.05, 4.69) is 4.98 Å². The summed E-state index contributed by atoms with van der Waals surface area (Å²) in [4.78, 5) is 14.7. The van der Waals surface area contributed by atoms with Crippen molar-refractivity contribution in [3.05, 3.63) is 53.6 Å². The van der Waals surface area contributed by atoms with Crippen molar-refractivity contribution in [2.75, 3.05) is 7.11 Å². The number of rotatable bonds is 5. The minimum atomic E-state index is -1.20. The predicted molar refractivity (Wildman–Crippen MR) is 68.5 cm³/mol. The van der Waals surface area contributed by atoms with Gasteiger partial charge in [-0.15, -0.1) is 0 Å². The van der Waals surface area contributed by atoms with Crippen molar-refractivity contribution in [2.45, 2.75) is 6.61 Å². The molecule has 1 aromatic carbocycles. The SMILES string of the molecule is COc1cccc(COc2cccnc2C(=O)O)c1F. The Morgan fingerprint density at radius 1 is 1.30 bits per heavy atom. The van der Waals surface area contributed by atoms with E-state index in [1.807, 2.05) is 0 Å². The van der Waals surface area contributed by atoms with E-state index in [1.54, 1.807) is 12.1 Å². The summed E-state index contributed by atoms with van der Waals surface area (Å²) in [7, 11) is 1.37. The molecule has 104 valence electrons. The van der Waals surface area contributed by atoms with Crippen molar-refractivity contribution in [1.29, 1.82) is 0 Å². The van der Waals surface area contributed by atoms with Crippen LogP contribution in [0.15, 0.2) is 36.5 Å². The second kappa shape index (κ2) is 6.01. The lowest BCUT2D eigenvalue weighted by Gasteiger charge is -2.10. The third kappa shape index (κ3) is 2.85. The van der Waals surface area contributed by atoms with Crippen molar-refractivity contribution < 1.29 is 23.8 Å². The average molecular weight is 277 g/mol. The maximum absolute atomic E-state index is 13.9. The molecule has 1 aromatic heterocycles. The van der Waals surface area contributed by atoms with Crippen LogP contribution in [-0.2, 0) is 6.61 Å². The Morgan fingerprint density at radius 2 is 2.05 bits per heavy atom.